The van der Waals surface area contributed by atoms with Crippen molar-refractivity contribution in [3.05, 3.63) is 89.3 Å². The van der Waals surface area contributed by atoms with Crippen molar-refractivity contribution < 1.29 is 38.1 Å². The number of thiazole rings is 2. The van der Waals surface area contributed by atoms with Crippen molar-refractivity contribution in [1.29, 1.82) is 5.26 Å². The number of rotatable bonds is 23. The van der Waals surface area contributed by atoms with E-state index in [0.29, 0.717) is 82.5 Å². The lowest BCUT2D eigenvalue weighted by molar-refractivity contribution is -0.144. The molecular formula is C50H58N10O8S2. The fraction of sp³-hybridized carbons (Fsp3) is 0.420. The molecule has 0 unspecified atom stereocenters. The first-order valence-corrected chi connectivity index (χ1v) is 24.9. The van der Waals surface area contributed by atoms with E-state index in [1.807, 2.05) is 104 Å². The predicted octanol–water partition coefficient (Wildman–Crippen LogP) is 6.49. The first-order chi connectivity index (χ1) is 33.9. The van der Waals surface area contributed by atoms with Crippen LogP contribution in [0.25, 0.3) is 42.7 Å². The maximum Gasteiger partial charge on any atom is 0.246 e. The van der Waals surface area contributed by atoms with Gasteiger partial charge in [0.2, 0.25) is 17.7 Å². The number of fused-ring (bicyclic) bond motifs is 4. The summed E-state index contributed by atoms with van der Waals surface area (Å²) in [5.41, 5.74) is 7.90. The number of ether oxygens (including phenoxy) is 5. The van der Waals surface area contributed by atoms with Crippen molar-refractivity contribution in [1.82, 2.24) is 39.3 Å². The van der Waals surface area contributed by atoms with E-state index in [1.54, 1.807) is 39.7 Å². The maximum atomic E-state index is 13.9. The van der Waals surface area contributed by atoms with Crippen LogP contribution in [0.15, 0.2) is 72.5 Å². The molecule has 0 spiro atoms. The van der Waals surface area contributed by atoms with Crippen LogP contribution in [0, 0.1) is 23.7 Å². The quantitative estimate of drug-likeness (QED) is 0.0587. The first-order valence-electron chi connectivity index (χ1n) is 23.2. The Hall–Kier alpha value is -6.47. The van der Waals surface area contributed by atoms with Gasteiger partial charge < -0.3 is 44.5 Å². The van der Waals surface area contributed by atoms with Crippen molar-refractivity contribution in [3.63, 3.8) is 0 Å². The number of imidazole rings is 2. The third-order valence-corrected chi connectivity index (χ3v) is 13.8. The van der Waals surface area contributed by atoms with Crippen molar-refractivity contribution in [3.8, 4) is 33.6 Å². The third-order valence-electron chi connectivity index (χ3n) is 11.8. The Morgan fingerprint density at radius 3 is 2.33 bits per heavy atom. The van der Waals surface area contributed by atoms with Gasteiger partial charge in [-0.15, -0.1) is 11.3 Å². The standard InChI is InChI=1S/C50H58N10O8S2/c1-32-44(69-31-54-32)35-10-8-33(9-11-35)28-53-47(62)39-7-6-15-58(39)48(63)45(50(2,3)4)57-42(61)30-67-22-21-65-18-17-64-19-20-66-23-24-68-36-12-13-38-40(26-36)70-49-55-37(29-60(38)49)43-46(52-5)59-16-14-34(27-51)25-41(59)56-43/h8-14,16,25-26,29,31,39,45,52H,6-7,15,17-24,28,30H2,1-5H3,(H,53,62)(H,57,61)/t39-,45+/m0/s1. The van der Waals surface area contributed by atoms with Gasteiger partial charge >= 0.3 is 0 Å². The minimum absolute atomic E-state index is 0.189. The zero-order valence-corrected chi connectivity index (χ0v) is 41.6. The molecule has 3 N–H and O–H groups in total. The van der Waals surface area contributed by atoms with Crippen LogP contribution in [-0.2, 0) is 39.9 Å². The molecule has 3 amide bonds. The van der Waals surface area contributed by atoms with Gasteiger partial charge in [-0.1, -0.05) is 56.4 Å². The zero-order valence-electron chi connectivity index (χ0n) is 40.0. The van der Waals surface area contributed by atoms with E-state index in [-0.39, 0.29) is 31.6 Å². The van der Waals surface area contributed by atoms with Gasteiger partial charge in [0.25, 0.3) is 0 Å². The second-order valence-corrected chi connectivity index (χ2v) is 19.7. The van der Waals surface area contributed by atoms with Gasteiger partial charge in [-0.05, 0) is 66.6 Å². The second kappa shape index (κ2) is 23.0. The molecule has 70 heavy (non-hydrogen) atoms. The van der Waals surface area contributed by atoms with Gasteiger partial charge in [-0.25, -0.2) is 15.0 Å². The molecule has 20 heteroatoms. The molecule has 0 radical (unpaired) electrons. The van der Waals surface area contributed by atoms with Gasteiger partial charge in [0.1, 0.15) is 53.9 Å². The van der Waals surface area contributed by atoms with Crippen molar-refractivity contribution in [2.45, 2.75) is 59.2 Å². The van der Waals surface area contributed by atoms with Gasteiger partial charge in [-0.2, -0.15) is 5.26 Å². The Balaban J connectivity index is 0.670. The largest absolute Gasteiger partial charge is 0.491 e. The van der Waals surface area contributed by atoms with Crippen LogP contribution in [0.3, 0.4) is 0 Å². The number of carbonyl (C=O) groups is 3. The van der Waals surface area contributed by atoms with E-state index >= 15 is 0 Å². The number of anilines is 1. The van der Waals surface area contributed by atoms with E-state index in [9.17, 15) is 19.6 Å². The number of aryl methyl sites for hydroxylation is 1. The van der Waals surface area contributed by atoms with Gasteiger partial charge in [0.15, 0.2) is 4.96 Å². The molecule has 2 aromatic carbocycles. The van der Waals surface area contributed by atoms with Crippen LogP contribution in [0.4, 0.5) is 5.82 Å². The highest BCUT2D eigenvalue weighted by molar-refractivity contribution is 7.23. The molecule has 7 aromatic rings. The maximum absolute atomic E-state index is 13.9. The monoisotopic (exact) mass is 990 g/mol. The number of hydrogen-bond donors (Lipinski definition) is 3. The fourth-order valence-electron chi connectivity index (χ4n) is 8.24. The molecule has 0 aliphatic carbocycles. The number of pyridine rings is 1. The number of nitrogens with zero attached hydrogens (tertiary/aromatic N) is 7. The number of hydrogen-bond acceptors (Lipinski definition) is 15. The van der Waals surface area contributed by atoms with Gasteiger partial charge in [0, 0.05) is 32.5 Å². The molecular weight excluding hydrogens is 933 g/mol. The van der Waals surface area contributed by atoms with E-state index < -0.39 is 23.4 Å². The molecule has 368 valence electrons. The summed E-state index contributed by atoms with van der Waals surface area (Å²) in [5.74, 6) is 0.618. The topological polar surface area (TPSA) is 208 Å². The predicted molar refractivity (Wildman–Crippen MR) is 268 cm³/mol. The summed E-state index contributed by atoms with van der Waals surface area (Å²) in [4.78, 5) is 57.7. The van der Waals surface area contributed by atoms with Crippen LogP contribution in [0.1, 0.15) is 50.4 Å². The van der Waals surface area contributed by atoms with Crippen LogP contribution >= 0.6 is 22.7 Å². The average molecular weight is 991 g/mol. The van der Waals surface area contributed by atoms with Crippen LogP contribution < -0.4 is 20.7 Å². The highest BCUT2D eigenvalue weighted by Crippen LogP contribution is 2.35. The molecule has 1 aliphatic rings. The summed E-state index contributed by atoms with van der Waals surface area (Å²) in [5, 5.41) is 18.4. The van der Waals surface area contributed by atoms with Gasteiger partial charge in [0.05, 0.1) is 84.2 Å². The van der Waals surface area contributed by atoms with Crippen molar-refractivity contribution >= 4 is 67.0 Å². The minimum Gasteiger partial charge on any atom is -0.491 e. The molecule has 0 saturated carbocycles. The summed E-state index contributed by atoms with van der Waals surface area (Å²) in [6, 6.07) is 18.2. The van der Waals surface area contributed by atoms with Crippen molar-refractivity contribution in [2.75, 3.05) is 78.4 Å². The van der Waals surface area contributed by atoms with Crippen LogP contribution in [0.5, 0.6) is 5.75 Å². The van der Waals surface area contributed by atoms with E-state index in [4.69, 9.17) is 33.7 Å². The Morgan fingerprint density at radius 1 is 0.914 bits per heavy atom. The molecule has 5 aromatic heterocycles. The number of aromatic nitrogens is 5. The highest BCUT2D eigenvalue weighted by atomic mass is 32.1. The third kappa shape index (κ3) is 11.9. The van der Waals surface area contributed by atoms with Crippen LogP contribution in [-0.4, -0.2) is 132 Å². The lowest BCUT2D eigenvalue weighted by atomic mass is 9.85. The Bertz CT molecular complexity index is 2970. The zero-order chi connectivity index (χ0) is 49.2. The van der Waals surface area contributed by atoms with E-state index in [1.165, 1.54) is 0 Å². The molecule has 6 heterocycles. The summed E-state index contributed by atoms with van der Waals surface area (Å²) < 4.78 is 33.4. The lowest BCUT2D eigenvalue weighted by Crippen LogP contribution is -2.58. The SMILES string of the molecule is CNc1c(-c2cn3c(n2)sc2cc(OCCOCCOCCOCCOCC(=O)N[C@H](C(=O)N4CCC[C@H]4C(=O)NCc4ccc(-c5scnc5C)cc4)C(C)(C)C)ccc23)nc2cc(C#N)ccn12. The normalized spacial score (nSPS) is 14.3. The minimum atomic E-state index is -0.844. The number of benzene rings is 2. The highest BCUT2D eigenvalue weighted by Gasteiger charge is 2.42. The number of carbonyl (C=O) groups excluding carboxylic acids is 3. The molecule has 1 fully saturated rings. The number of nitrogens with one attached hydrogen (secondary N) is 3. The Kier molecular flexibility index (Phi) is 16.4. The molecule has 8 rings (SSSR count). The average Bonchev–Trinajstić information content (AvgIpc) is 4.21. The summed E-state index contributed by atoms with van der Waals surface area (Å²) in [7, 11) is 1.84. The summed E-state index contributed by atoms with van der Waals surface area (Å²) in [6.45, 7) is 10.9. The number of amides is 3. The van der Waals surface area contributed by atoms with E-state index in [2.05, 4.69) is 27.0 Å². The summed E-state index contributed by atoms with van der Waals surface area (Å²) in [6.07, 6.45) is 5.06. The first kappa shape index (κ1) is 49.9. The van der Waals surface area contributed by atoms with Crippen LogP contribution in [0.2, 0.25) is 0 Å². The Labute approximate surface area is 413 Å². The number of nitriles is 1. The molecule has 1 saturated heterocycles. The van der Waals surface area contributed by atoms with Crippen molar-refractivity contribution in [2.24, 2.45) is 5.41 Å². The van der Waals surface area contributed by atoms with E-state index in [0.717, 1.165) is 54.1 Å². The molecule has 0 bridgehead atoms. The smallest absolute Gasteiger partial charge is 0.246 e. The summed E-state index contributed by atoms with van der Waals surface area (Å²) >= 11 is 3.15. The lowest BCUT2D eigenvalue weighted by Gasteiger charge is -2.35. The second-order valence-electron chi connectivity index (χ2n) is 17.8. The molecule has 1 aliphatic heterocycles. The molecule has 18 nitrogen and oxygen atoms in total. The molecule has 2 atom stereocenters. The Morgan fingerprint density at radius 2 is 1.64 bits per heavy atom. The fourth-order valence-corrected chi connectivity index (χ4v) is 10.1. The van der Waals surface area contributed by atoms with Gasteiger partial charge in [-0.3, -0.25) is 23.2 Å². The number of likely N-dealkylation sites (tertiary alicyclic amines) is 1.